The van der Waals surface area contributed by atoms with Crippen LogP contribution in [-0.2, 0) is 4.79 Å². The van der Waals surface area contributed by atoms with Gasteiger partial charge in [-0.05, 0) is 63.1 Å². The third kappa shape index (κ3) is 4.63. The quantitative estimate of drug-likeness (QED) is 0.811. The van der Waals surface area contributed by atoms with E-state index in [1.807, 2.05) is 38.1 Å². The minimum absolute atomic E-state index is 0.00816. The number of hydrogen-bond acceptors (Lipinski definition) is 4. The fraction of sp³-hybridized carbons (Fsp3) is 0.364. The Bertz CT molecular complexity index is 863. The first kappa shape index (κ1) is 19.7. The van der Waals surface area contributed by atoms with Crippen molar-refractivity contribution in [3.63, 3.8) is 0 Å². The molecule has 1 aliphatic rings. The summed E-state index contributed by atoms with van der Waals surface area (Å²) in [5.74, 6) is 0.977. The Morgan fingerprint density at radius 2 is 1.93 bits per heavy atom. The number of nitrogens with zero attached hydrogens (tertiary/aromatic N) is 1. The van der Waals surface area contributed by atoms with Gasteiger partial charge in [0.25, 0.3) is 5.91 Å². The normalized spacial score (nSPS) is 14.1. The minimum Gasteiger partial charge on any atom is -0.493 e. The van der Waals surface area contributed by atoms with Crippen LogP contribution >= 0.6 is 0 Å². The molecule has 0 bridgehead atoms. The summed E-state index contributed by atoms with van der Waals surface area (Å²) in [4.78, 5) is 26.6. The zero-order chi connectivity index (χ0) is 20.1. The van der Waals surface area contributed by atoms with E-state index in [4.69, 9.17) is 9.47 Å². The van der Waals surface area contributed by atoms with E-state index >= 15 is 0 Å². The molecule has 1 aliphatic heterocycles. The molecule has 0 saturated carbocycles. The number of carbonyl (C=O) groups is 2. The second-order valence-corrected chi connectivity index (χ2v) is 7.04. The third-order valence-electron chi connectivity index (χ3n) is 4.53. The van der Waals surface area contributed by atoms with Crippen molar-refractivity contribution in [2.75, 3.05) is 23.9 Å². The van der Waals surface area contributed by atoms with Crippen LogP contribution in [0.4, 0.5) is 11.4 Å². The van der Waals surface area contributed by atoms with Crippen molar-refractivity contribution in [3.8, 4) is 11.5 Å². The lowest BCUT2D eigenvalue weighted by atomic mass is 10.1. The smallest absolute Gasteiger partial charge is 0.255 e. The summed E-state index contributed by atoms with van der Waals surface area (Å²) in [6.45, 7) is 4.57. The van der Waals surface area contributed by atoms with Crippen molar-refractivity contribution in [2.45, 2.75) is 39.2 Å². The van der Waals surface area contributed by atoms with Gasteiger partial charge < -0.3 is 19.7 Å². The Labute approximate surface area is 165 Å². The summed E-state index contributed by atoms with van der Waals surface area (Å²) < 4.78 is 11.0. The highest BCUT2D eigenvalue weighted by atomic mass is 16.5. The summed E-state index contributed by atoms with van der Waals surface area (Å²) in [5, 5.41) is 2.89. The van der Waals surface area contributed by atoms with Crippen LogP contribution in [0.3, 0.4) is 0 Å². The highest BCUT2D eigenvalue weighted by Gasteiger charge is 2.20. The van der Waals surface area contributed by atoms with Crippen LogP contribution in [-0.4, -0.2) is 31.6 Å². The Morgan fingerprint density at radius 3 is 2.64 bits per heavy atom. The number of rotatable bonds is 6. The molecule has 0 unspecified atom stereocenters. The molecule has 3 rings (SSSR count). The van der Waals surface area contributed by atoms with Crippen LogP contribution < -0.4 is 19.7 Å². The standard InChI is InChI=1S/C22H26N2O4/c1-15(2)28-19-11-10-16(13-20(19)27-3)22(26)23-17-7-6-8-18(14-17)24-12-5-4-9-21(24)25/h6-8,10-11,13-15H,4-5,9,12H2,1-3H3,(H,23,26). The SMILES string of the molecule is COc1cc(C(=O)Nc2cccc(N3CCCCC3=O)c2)ccc1OC(C)C. The fourth-order valence-corrected chi connectivity index (χ4v) is 3.19. The van der Waals surface area contributed by atoms with Crippen LogP contribution in [0.25, 0.3) is 0 Å². The number of piperidine rings is 1. The Kier molecular flexibility index (Phi) is 6.19. The molecule has 2 aromatic carbocycles. The molecule has 2 aromatic rings. The number of ether oxygens (including phenoxy) is 2. The van der Waals surface area contributed by atoms with Crippen molar-refractivity contribution in [3.05, 3.63) is 48.0 Å². The fourth-order valence-electron chi connectivity index (χ4n) is 3.19. The second kappa shape index (κ2) is 8.78. The monoisotopic (exact) mass is 382 g/mol. The molecular formula is C22H26N2O4. The zero-order valence-corrected chi connectivity index (χ0v) is 16.5. The van der Waals surface area contributed by atoms with Crippen molar-refractivity contribution in [1.29, 1.82) is 0 Å². The van der Waals surface area contributed by atoms with E-state index in [1.54, 1.807) is 30.2 Å². The maximum atomic E-state index is 12.7. The second-order valence-electron chi connectivity index (χ2n) is 7.04. The largest absolute Gasteiger partial charge is 0.493 e. The summed E-state index contributed by atoms with van der Waals surface area (Å²) in [6, 6.07) is 12.5. The average Bonchev–Trinajstić information content (AvgIpc) is 2.68. The van der Waals surface area contributed by atoms with E-state index in [1.165, 1.54) is 0 Å². The number of methoxy groups -OCH3 is 1. The molecule has 6 nitrogen and oxygen atoms in total. The third-order valence-corrected chi connectivity index (χ3v) is 4.53. The number of hydrogen-bond donors (Lipinski definition) is 1. The van der Waals surface area contributed by atoms with Crippen molar-refractivity contribution < 1.29 is 19.1 Å². The molecule has 0 aromatic heterocycles. The lowest BCUT2D eigenvalue weighted by Gasteiger charge is -2.27. The summed E-state index contributed by atoms with van der Waals surface area (Å²) in [7, 11) is 1.54. The average molecular weight is 382 g/mol. The number of carbonyl (C=O) groups excluding carboxylic acids is 2. The molecule has 0 aliphatic carbocycles. The van der Waals surface area contributed by atoms with Gasteiger partial charge in [0.1, 0.15) is 0 Å². The van der Waals surface area contributed by atoms with Gasteiger partial charge in [-0.3, -0.25) is 9.59 Å². The van der Waals surface area contributed by atoms with Gasteiger partial charge in [0, 0.05) is 29.9 Å². The highest BCUT2D eigenvalue weighted by Crippen LogP contribution is 2.30. The Morgan fingerprint density at radius 1 is 1.11 bits per heavy atom. The van der Waals surface area contributed by atoms with Gasteiger partial charge >= 0.3 is 0 Å². The first-order chi connectivity index (χ1) is 13.5. The van der Waals surface area contributed by atoms with Gasteiger partial charge in [0.15, 0.2) is 11.5 Å². The molecule has 0 spiro atoms. The first-order valence-electron chi connectivity index (χ1n) is 9.54. The van der Waals surface area contributed by atoms with E-state index in [0.29, 0.717) is 35.7 Å². The first-order valence-corrected chi connectivity index (χ1v) is 9.54. The van der Waals surface area contributed by atoms with Crippen LogP contribution in [0.1, 0.15) is 43.5 Å². The van der Waals surface area contributed by atoms with E-state index in [0.717, 1.165) is 18.5 Å². The molecule has 148 valence electrons. The van der Waals surface area contributed by atoms with Crippen LogP contribution in [0, 0.1) is 0 Å². The summed E-state index contributed by atoms with van der Waals surface area (Å²) in [6.07, 6.45) is 2.51. The molecule has 1 heterocycles. The van der Waals surface area contributed by atoms with Gasteiger partial charge in [-0.1, -0.05) is 6.07 Å². The van der Waals surface area contributed by atoms with Crippen LogP contribution in [0.2, 0.25) is 0 Å². The van der Waals surface area contributed by atoms with E-state index in [9.17, 15) is 9.59 Å². The van der Waals surface area contributed by atoms with E-state index in [2.05, 4.69) is 5.32 Å². The molecule has 2 amide bonds. The van der Waals surface area contributed by atoms with E-state index in [-0.39, 0.29) is 17.9 Å². The molecule has 6 heteroatoms. The van der Waals surface area contributed by atoms with Gasteiger partial charge in [-0.25, -0.2) is 0 Å². The van der Waals surface area contributed by atoms with Crippen molar-refractivity contribution >= 4 is 23.2 Å². The number of anilines is 2. The molecule has 0 atom stereocenters. The Balaban J connectivity index is 1.76. The molecule has 28 heavy (non-hydrogen) atoms. The van der Waals surface area contributed by atoms with Gasteiger partial charge in [0.05, 0.1) is 13.2 Å². The lowest BCUT2D eigenvalue weighted by Crippen LogP contribution is -2.35. The van der Waals surface area contributed by atoms with Gasteiger partial charge in [-0.2, -0.15) is 0 Å². The van der Waals surface area contributed by atoms with Gasteiger partial charge in [-0.15, -0.1) is 0 Å². The maximum Gasteiger partial charge on any atom is 0.255 e. The summed E-state index contributed by atoms with van der Waals surface area (Å²) in [5.41, 5.74) is 1.91. The molecular weight excluding hydrogens is 356 g/mol. The molecule has 1 saturated heterocycles. The maximum absolute atomic E-state index is 12.7. The zero-order valence-electron chi connectivity index (χ0n) is 16.5. The number of nitrogens with one attached hydrogen (secondary N) is 1. The minimum atomic E-state index is -0.253. The van der Waals surface area contributed by atoms with E-state index < -0.39 is 0 Å². The number of amides is 2. The number of benzene rings is 2. The molecule has 0 radical (unpaired) electrons. The molecule has 1 N–H and O–H groups in total. The summed E-state index contributed by atoms with van der Waals surface area (Å²) >= 11 is 0. The van der Waals surface area contributed by atoms with Crippen LogP contribution in [0.5, 0.6) is 11.5 Å². The topological polar surface area (TPSA) is 67.9 Å². The highest BCUT2D eigenvalue weighted by molar-refractivity contribution is 6.05. The van der Waals surface area contributed by atoms with Crippen molar-refractivity contribution in [2.24, 2.45) is 0 Å². The Hall–Kier alpha value is -3.02. The predicted molar refractivity (Wildman–Crippen MR) is 109 cm³/mol. The lowest BCUT2D eigenvalue weighted by molar-refractivity contribution is -0.119. The van der Waals surface area contributed by atoms with Crippen molar-refractivity contribution in [1.82, 2.24) is 0 Å². The molecule has 1 fully saturated rings. The van der Waals surface area contributed by atoms with Crippen LogP contribution in [0.15, 0.2) is 42.5 Å². The van der Waals surface area contributed by atoms with Gasteiger partial charge in [0.2, 0.25) is 5.91 Å². The predicted octanol–water partition coefficient (Wildman–Crippen LogP) is 4.25.